The number of aromatic nitrogens is 1. The summed E-state index contributed by atoms with van der Waals surface area (Å²) in [4.78, 5) is 23.9. The summed E-state index contributed by atoms with van der Waals surface area (Å²) in [5, 5.41) is 8.74. The van der Waals surface area contributed by atoms with Crippen molar-refractivity contribution in [2.75, 3.05) is 0 Å². The molecule has 0 unspecified atom stereocenters. The molecule has 1 aromatic rings. The minimum absolute atomic E-state index is 0.188. The Kier molecular flexibility index (Phi) is 2.20. The second-order valence-electron chi connectivity index (χ2n) is 2.94. The first-order valence-corrected chi connectivity index (χ1v) is 3.66. The van der Waals surface area contributed by atoms with Gasteiger partial charge in [0.1, 0.15) is 0 Å². The van der Waals surface area contributed by atoms with Crippen molar-refractivity contribution in [3.05, 3.63) is 34.2 Å². The number of nitrogens with one attached hydrogen (secondary N) is 1. The number of aliphatic carboxylic acids is 1. The first-order valence-electron chi connectivity index (χ1n) is 3.66. The zero-order chi connectivity index (χ0) is 10.1. The van der Waals surface area contributed by atoms with Crippen LogP contribution in [-0.4, -0.2) is 16.1 Å². The molecule has 0 bridgehead atoms. The maximum absolute atomic E-state index is 10.9. The van der Waals surface area contributed by atoms with E-state index in [0.717, 1.165) is 0 Å². The van der Waals surface area contributed by atoms with E-state index in [9.17, 15) is 9.59 Å². The summed E-state index contributed by atoms with van der Waals surface area (Å²) in [5.41, 5.74) is 3.75. The number of carboxylic acid groups (broad SMARTS) is 1. The Labute approximate surface area is 74.2 Å². The van der Waals surface area contributed by atoms with Gasteiger partial charge in [-0.15, -0.1) is 0 Å². The summed E-state index contributed by atoms with van der Waals surface area (Å²) >= 11 is 0. The third-order valence-corrected chi connectivity index (χ3v) is 1.77. The smallest absolute Gasteiger partial charge is 0.329 e. The van der Waals surface area contributed by atoms with Crippen molar-refractivity contribution in [2.24, 2.45) is 5.73 Å². The van der Waals surface area contributed by atoms with Crippen LogP contribution in [0, 0.1) is 0 Å². The average Bonchev–Trinajstić information content (AvgIpc) is 2.04. The minimum Gasteiger partial charge on any atom is -0.480 e. The van der Waals surface area contributed by atoms with E-state index < -0.39 is 11.5 Å². The van der Waals surface area contributed by atoms with Gasteiger partial charge in [0.2, 0.25) is 5.56 Å². The van der Waals surface area contributed by atoms with Gasteiger partial charge in [0.15, 0.2) is 5.54 Å². The second kappa shape index (κ2) is 3.02. The molecule has 13 heavy (non-hydrogen) atoms. The Hall–Kier alpha value is -1.62. The molecule has 0 aromatic carbocycles. The molecule has 4 N–H and O–H groups in total. The monoisotopic (exact) mass is 182 g/mol. The molecule has 1 atom stereocenters. The molecule has 0 aliphatic carbocycles. The van der Waals surface area contributed by atoms with E-state index >= 15 is 0 Å². The van der Waals surface area contributed by atoms with Gasteiger partial charge in [0.05, 0.1) is 0 Å². The Morgan fingerprint density at radius 1 is 1.62 bits per heavy atom. The molecule has 1 rings (SSSR count). The summed E-state index contributed by atoms with van der Waals surface area (Å²) in [6.45, 7) is 1.32. The molecule has 1 aromatic heterocycles. The van der Waals surface area contributed by atoms with Gasteiger partial charge in [0.25, 0.3) is 0 Å². The van der Waals surface area contributed by atoms with Crippen LogP contribution in [-0.2, 0) is 10.3 Å². The quantitative estimate of drug-likeness (QED) is 0.581. The van der Waals surface area contributed by atoms with E-state index in [1.54, 1.807) is 0 Å². The highest BCUT2D eigenvalue weighted by molar-refractivity contribution is 5.79. The van der Waals surface area contributed by atoms with Crippen LogP contribution < -0.4 is 11.3 Å². The van der Waals surface area contributed by atoms with Crippen molar-refractivity contribution < 1.29 is 9.90 Å². The lowest BCUT2D eigenvalue weighted by Crippen LogP contribution is -2.43. The lowest BCUT2D eigenvalue weighted by Gasteiger charge is -2.18. The number of carbonyl (C=O) groups is 1. The van der Waals surface area contributed by atoms with Crippen LogP contribution in [0.3, 0.4) is 0 Å². The molecular formula is C8H10N2O3. The molecule has 5 heteroatoms. The maximum Gasteiger partial charge on any atom is 0.329 e. The van der Waals surface area contributed by atoms with Crippen LogP contribution >= 0.6 is 0 Å². The first-order chi connectivity index (χ1) is 5.94. The topological polar surface area (TPSA) is 96.2 Å². The molecule has 5 nitrogen and oxygen atoms in total. The first kappa shape index (κ1) is 9.47. The third-order valence-electron chi connectivity index (χ3n) is 1.77. The number of carboxylic acids is 1. The number of hydrogen-bond donors (Lipinski definition) is 3. The normalized spacial score (nSPS) is 14.9. The SMILES string of the molecule is C[C@@](N)(C(=O)O)c1cccc(=O)[nH]1. The largest absolute Gasteiger partial charge is 0.480 e. The van der Waals surface area contributed by atoms with Crippen LogP contribution in [0.1, 0.15) is 12.6 Å². The van der Waals surface area contributed by atoms with E-state index in [0.29, 0.717) is 0 Å². The van der Waals surface area contributed by atoms with Crippen LogP contribution in [0.15, 0.2) is 23.0 Å². The second-order valence-corrected chi connectivity index (χ2v) is 2.94. The number of H-pyrrole nitrogens is 1. The van der Waals surface area contributed by atoms with E-state index in [2.05, 4.69) is 4.98 Å². The predicted molar refractivity (Wildman–Crippen MR) is 46.2 cm³/mol. The summed E-state index contributed by atoms with van der Waals surface area (Å²) < 4.78 is 0. The summed E-state index contributed by atoms with van der Waals surface area (Å²) in [7, 11) is 0. The van der Waals surface area contributed by atoms with Gasteiger partial charge >= 0.3 is 5.97 Å². The minimum atomic E-state index is -1.56. The average molecular weight is 182 g/mol. The number of hydrogen-bond acceptors (Lipinski definition) is 3. The molecule has 0 fully saturated rings. The number of rotatable bonds is 2. The van der Waals surface area contributed by atoms with Crippen LogP contribution in [0.2, 0.25) is 0 Å². The maximum atomic E-state index is 10.9. The van der Waals surface area contributed by atoms with Crippen molar-refractivity contribution in [3.63, 3.8) is 0 Å². The van der Waals surface area contributed by atoms with Crippen LogP contribution in [0.5, 0.6) is 0 Å². The van der Waals surface area contributed by atoms with Crippen LogP contribution in [0.25, 0.3) is 0 Å². The Bertz CT molecular complexity index is 381. The standard InChI is InChI=1S/C8H10N2O3/c1-8(9,7(12)13)5-3-2-4-6(11)10-5/h2-4H,9H2,1H3,(H,10,11)(H,12,13)/t8-/m0/s1. The Morgan fingerprint density at radius 3 is 2.69 bits per heavy atom. The van der Waals surface area contributed by atoms with Gasteiger partial charge in [-0.2, -0.15) is 0 Å². The fraction of sp³-hybridized carbons (Fsp3) is 0.250. The van der Waals surface area contributed by atoms with Gasteiger partial charge in [-0.1, -0.05) is 6.07 Å². The lowest BCUT2D eigenvalue weighted by molar-refractivity contribution is -0.143. The summed E-state index contributed by atoms with van der Waals surface area (Å²) in [6, 6.07) is 4.22. The van der Waals surface area contributed by atoms with Crippen molar-refractivity contribution in [3.8, 4) is 0 Å². The molecule has 0 saturated carbocycles. The zero-order valence-electron chi connectivity index (χ0n) is 7.07. The van der Waals surface area contributed by atoms with E-state index in [-0.39, 0.29) is 11.3 Å². The third kappa shape index (κ3) is 1.75. The highest BCUT2D eigenvalue weighted by atomic mass is 16.4. The highest BCUT2D eigenvalue weighted by Gasteiger charge is 2.30. The van der Waals surface area contributed by atoms with E-state index in [1.807, 2.05) is 0 Å². The molecule has 0 spiro atoms. The fourth-order valence-corrected chi connectivity index (χ4v) is 0.866. The Balaban J connectivity index is 3.22. The van der Waals surface area contributed by atoms with Gasteiger partial charge in [-0.05, 0) is 13.0 Å². The van der Waals surface area contributed by atoms with Crippen LogP contribution in [0.4, 0.5) is 0 Å². The van der Waals surface area contributed by atoms with Gasteiger partial charge in [0, 0.05) is 11.8 Å². The summed E-state index contributed by atoms with van der Waals surface area (Å²) in [6.07, 6.45) is 0. The van der Waals surface area contributed by atoms with Gasteiger partial charge in [-0.25, -0.2) is 4.79 Å². The Morgan fingerprint density at radius 2 is 2.23 bits per heavy atom. The molecular weight excluding hydrogens is 172 g/mol. The molecule has 0 aliphatic rings. The van der Waals surface area contributed by atoms with Gasteiger partial charge < -0.3 is 15.8 Å². The highest BCUT2D eigenvalue weighted by Crippen LogP contribution is 2.12. The molecule has 70 valence electrons. The molecule has 0 amide bonds. The number of nitrogens with two attached hydrogens (primary N) is 1. The summed E-state index contributed by atoms with van der Waals surface area (Å²) in [5.74, 6) is -1.19. The van der Waals surface area contributed by atoms with Gasteiger partial charge in [-0.3, -0.25) is 4.79 Å². The van der Waals surface area contributed by atoms with Crippen molar-refractivity contribution in [2.45, 2.75) is 12.5 Å². The molecule has 0 aliphatic heterocycles. The number of aromatic amines is 1. The molecule has 0 saturated heterocycles. The van der Waals surface area contributed by atoms with E-state index in [4.69, 9.17) is 10.8 Å². The van der Waals surface area contributed by atoms with E-state index in [1.165, 1.54) is 25.1 Å². The molecule has 1 heterocycles. The zero-order valence-corrected chi connectivity index (χ0v) is 7.07. The number of pyridine rings is 1. The van der Waals surface area contributed by atoms with Crippen molar-refractivity contribution in [1.82, 2.24) is 4.98 Å². The predicted octanol–water partition coefficient (Wildman–Crippen LogP) is -0.367. The van der Waals surface area contributed by atoms with Crippen molar-refractivity contribution in [1.29, 1.82) is 0 Å². The lowest BCUT2D eigenvalue weighted by atomic mass is 9.99. The molecule has 0 radical (unpaired) electrons. The fourth-order valence-electron chi connectivity index (χ4n) is 0.866. The van der Waals surface area contributed by atoms with Crippen molar-refractivity contribution >= 4 is 5.97 Å².